The van der Waals surface area contributed by atoms with E-state index in [-0.39, 0.29) is 13.0 Å². The largest absolute Gasteiger partial charge is 0.461 e. The van der Waals surface area contributed by atoms with Crippen molar-refractivity contribution >= 4 is 11.9 Å². The lowest BCUT2D eigenvalue weighted by atomic mass is 9.78. The zero-order valence-electron chi connectivity index (χ0n) is 11.0. The summed E-state index contributed by atoms with van der Waals surface area (Å²) < 4.78 is 10.00. The maximum atomic E-state index is 11.9. The molecule has 2 unspecified atom stereocenters. The molecule has 0 aromatic rings. The first-order valence-electron chi connectivity index (χ1n) is 5.59. The van der Waals surface area contributed by atoms with Crippen molar-refractivity contribution in [3.63, 3.8) is 0 Å². The molecule has 0 radical (unpaired) electrons. The summed E-state index contributed by atoms with van der Waals surface area (Å²) in [4.78, 5) is 23.0. The standard InChI is InChI=1S/C12H20O5/c1-10(2,3)12(5,15)9(14)17-11(4)6-8(13)16-7-11/h15H,6-7H2,1-5H3. The number of carbonyl (C=O) groups excluding carboxylic acids is 2. The van der Waals surface area contributed by atoms with Crippen molar-refractivity contribution in [2.45, 2.75) is 52.2 Å². The molecule has 1 heterocycles. The van der Waals surface area contributed by atoms with Gasteiger partial charge in [-0.25, -0.2) is 4.79 Å². The van der Waals surface area contributed by atoms with Crippen molar-refractivity contribution in [2.24, 2.45) is 5.41 Å². The molecule has 0 saturated carbocycles. The minimum absolute atomic E-state index is 0.0267. The Kier molecular flexibility index (Phi) is 3.27. The summed E-state index contributed by atoms with van der Waals surface area (Å²) in [5.41, 5.74) is -3.23. The SMILES string of the molecule is CC1(OC(=O)C(C)(O)C(C)(C)C)COC(=O)C1. The average molecular weight is 244 g/mol. The van der Waals surface area contributed by atoms with Crippen LogP contribution in [0.15, 0.2) is 0 Å². The monoisotopic (exact) mass is 244 g/mol. The number of aliphatic hydroxyl groups is 1. The predicted octanol–water partition coefficient (Wildman–Crippen LogP) is 1.03. The Bertz CT molecular complexity index is 339. The van der Waals surface area contributed by atoms with Gasteiger partial charge >= 0.3 is 11.9 Å². The smallest absolute Gasteiger partial charge is 0.339 e. The van der Waals surface area contributed by atoms with Gasteiger partial charge in [0.05, 0.1) is 6.42 Å². The van der Waals surface area contributed by atoms with Crippen LogP contribution in [0.2, 0.25) is 0 Å². The van der Waals surface area contributed by atoms with E-state index in [1.54, 1.807) is 27.7 Å². The van der Waals surface area contributed by atoms with Gasteiger partial charge in [0.15, 0.2) is 11.2 Å². The van der Waals surface area contributed by atoms with Crippen molar-refractivity contribution in [1.29, 1.82) is 0 Å². The molecule has 0 bridgehead atoms. The van der Waals surface area contributed by atoms with Gasteiger partial charge in [0, 0.05) is 5.41 Å². The van der Waals surface area contributed by atoms with Gasteiger partial charge in [-0.3, -0.25) is 4.79 Å². The van der Waals surface area contributed by atoms with Crippen LogP contribution in [0, 0.1) is 5.41 Å². The number of rotatable bonds is 2. The molecule has 1 rings (SSSR count). The van der Waals surface area contributed by atoms with Gasteiger partial charge in [0.1, 0.15) is 6.61 Å². The van der Waals surface area contributed by atoms with Crippen LogP contribution in [0.1, 0.15) is 41.0 Å². The van der Waals surface area contributed by atoms with Gasteiger partial charge in [-0.05, 0) is 13.8 Å². The van der Waals surface area contributed by atoms with Crippen LogP contribution in [0.4, 0.5) is 0 Å². The fourth-order valence-corrected chi connectivity index (χ4v) is 1.34. The lowest BCUT2D eigenvalue weighted by Crippen LogP contribution is -2.51. The van der Waals surface area contributed by atoms with E-state index in [0.717, 1.165) is 0 Å². The van der Waals surface area contributed by atoms with Crippen molar-refractivity contribution in [3.8, 4) is 0 Å². The van der Waals surface area contributed by atoms with Crippen LogP contribution in [-0.2, 0) is 19.1 Å². The van der Waals surface area contributed by atoms with Crippen molar-refractivity contribution in [3.05, 3.63) is 0 Å². The number of esters is 2. The summed E-state index contributed by atoms with van der Waals surface area (Å²) in [5.74, 6) is -1.12. The fraction of sp³-hybridized carbons (Fsp3) is 0.833. The molecule has 1 saturated heterocycles. The molecule has 5 nitrogen and oxygen atoms in total. The van der Waals surface area contributed by atoms with Crippen LogP contribution in [0.3, 0.4) is 0 Å². The summed E-state index contributed by atoms with van der Waals surface area (Å²) >= 11 is 0. The second kappa shape index (κ2) is 3.98. The minimum Gasteiger partial charge on any atom is -0.461 e. The third-order valence-corrected chi connectivity index (χ3v) is 3.25. The maximum Gasteiger partial charge on any atom is 0.339 e. The molecule has 0 spiro atoms. The maximum absolute atomic E-state index is 11.9. The van der Waals surface area contributed by atoms with Crippen LogP contribution in [-0.4, -0.2) is 34.9 Å². The van der Waals surface area contributed by atoms with E-state index in [4.69, 9.17) is 9.47 Å². The van der Waals surface area contributed by atoms with Crippen molar-refractivity contribution < 1.29 is 24.2 Å². The van der Waals surface area contributed by atoms with E-state index >= 15 is 0 Å². The van der Waals surface area contributed by atoms with Crippen LogP contribution >= 0.6 is 0 Å². The molecule has 0 aromatic heterocycles. The summed E-state index contributed by atoms with van der Waals surface area (Å²) in [5, 5.41) is 10.2. The lowest BCUT2D eigenvalue weighted by molar-refractivity contribution is -0.189. The van der Waals surface area contributed by atoms with Gasteiger partial charge in [0.2, 0.25) is 0 Å². The third-order valence-electron chi connectivity index (χ3n) is 3.25. The third kappa shape index (κ3) is 2.77. The highest BCUT2D eigenvalue weighted by Gasteiger charge is 2.48. The van der Waals surface area contributed by atoms with Crippen LogP contribution in [0.5, 0.6) is 0 Å². The van der Waals surface area contributed by atoms with E-state index < -0.39 is 28.6 Å². The first-order valence-corrected chi connectivity index (χ1v) is 5.59. The Morgan fingerprint density at radius 1 is 1.41 bits per heavy atom. The van der Waals surface area contributed by atoms with E-state index in [2.05, 4.69) is 0 Å². The quantitative estimate of drug-likeness (QED) is 0.734. The first-order chi connectivity index (χ1) is 7.48. The number of hydrogen-bond donors (Lipinski definition) is 1. The summed E-state index contributed by atoms with van der Waals surface area (Å²) in [6.45, 7) is 8.30. The molecule has 1 aliphatic heterocycles. The molecular weight excluding hydrogens is 224 g/mol. The zero-order valence-corrected chi connectivity index (χ0v) is 11.0. The number of hydrogen-bond acceptors (Lipinski definition) is 5. The van der Waals surface area contributed by atoms with E-state index in [1.165, 1.54) is 6.92 Å². The van der Waals surface area contributed by atoms with Gasteiger partial charge in [-0.15, -0.1) is 0 Å². The zero-order chi connectivity index (χ0) is 13.5. The summed E-state index contributed by atoms with van der Waals surface area (Å²) in [6.07, 6.45) is 0.0267. The predicted molar refractivity (Wildman–Crippen MR) is 60.2 cm³/mol. The molecule has 1 N–H and O–H groups in total. The number of ether oxygens (including phenoxy) is 2. The minimum atomic E-state index is -1.61. The highest BCUT2D eigenvalue weighted by Crippen LogP contribution is 2.34. The summed E-state index contributed by atoms with van der Waals surface area (Å²) in [6, 6.07) is 0. The molecule has 0 aromatic carbocycles. The molecule has 2 atom stereocenters. The van der Waals surface area contributed by atoms with Crippen molar-refractivity contribution in [1.82, 2.24) is 0 Å². The summed E-state index contributed by atoms with van der Waals surface area (Å²) in [7, 11) is 0. The number of carbonyl (C=O) groups is 2. The molecule has 0 aliphatic carbocycles. The Morgan fingerprint density at radius 3 is 2.29 bits per heavy atom. The molecule has 17 heavy (non-hydrogen) atoms. The molecule has 1 fully saturated rings. The number of cyclic esters (lactones) is 1. The Hall–Kier alpha value is -1.10. The average Bonchev–Trinajstić information content (AvgIpc) is 2.43. The van der Waals surface area contributed by atoms with Gasteiger partial charge in [-0.2, -0.15) is 0 Å². The van der Waals surface area contributed by atoms with Gasteiger partial charge in [-0.1, -0.05) is 20.8 Å². The van der Waals surface area contributed by atoms with Gasteiger partial charge < -0.3 is 14.6 Å². The Morgan fingerprint density at radius 2 is 1.94 bits per heavy atom. The highest BCUT2D eigenvalue weighted by atomic mass is 16.6. The van der Waals surface area contributed by atoms with Gasteiger partial charge in [0.25, 0.3) is 0 Å². The molecule has 1 aliphatic rings. The topological polar surface area (TPSA) is 72.8 Å². The lowest BCUT2D eigenvalue weighted by Gasteiger charge is -2.36. The Labute approximate surface area is 101 Å². The second-order valence-corrected chi connectivity index (χ2v) is 6.00. The molecule has 98 valence electrons. The van der Waals surface area contributed by atoms with E-state index in [0.29, 0.717) is 0 Å². The second-order valence-electron chi connectivity index (χ2n) is 6.00. The Balaban J connectivity index is 2.76. The van der Waals surface area contributed by atoms with Crippen LogP contribution < -0.4 is 0 Å². The molecular formula is C12H20O5. The molecule has 0 amide bonds. The van der Waals surface area contributed by atoms with Crippen molar-refractivity contribution in [2.75, 3.05) is 6.61 Å². The fourth-order valence-electron chi connectivity index (χ4n) is 1.34. The van der Waals surface area contributed by atoms with E-state index in [1.807, 2.05) is 0 Å². The highest BCUT2D eigenvalue weighted by molar-refractivity contribution is 5.81. The normalized spacial score (nSPS) is 28.5. The van der Waals surface area contributed by atoms with Crippen LogP contribution in [0.25, 0.3) is 0 Å². The first kappa shape index (κ1) is 14.0. The molecule has 5 heteroatoms. The van der Waals surface area contributed by atoms with E-state index in [9.17, 15) is 14.7 Å².